The van der Waals surface area contributed by atoms with Gasteiger partial charge in [0.2, 0.25) is 0 Å². The molecule has 0 fully saturated rings. The third-order valence-corrected chi connectivity index (χ3v) is 5.61. The molecule has 0 saturated heterocycles. The minimum atomic E-state index is 0.107. The van der Waals surface area contributed by atoms with Gasteiger partial charge in [-0.05, 0) is 39.3 Å². The Morgan fingerprint density at radius 1 is 1.37 bits per heavy atom. The second kappa shape index (κ2) is 6.11. The van der Waals surface area contributed by atoms with Crippen LogP contribution in [0, 0.1) is 20.8 Å². The number of thiophene rings is 1. The molecule has 0 aliphatic rings. The lowest BCUT2D eigenvalue weighted by molar-refractivity contribution is 0.429. The highest BCUT2D eigenvalue weighted by Gasteiger charge is 2.24. The molecule has 2 unspecified atom stereocenters. The number of aryl methyl sites for hydroxylation is 3. The van der Waals surface area contributed by atoms with E-state index in [9.17, 15) is 0 Å². The van der Waals surface area contributed by atoms with Crippen LogP contribution >= 0.6 is 23.1 Å². The van der Waals surface area contributed by atoms with Crippen LogP contribution in [-0.2, 0) is 0 Å². The molecule has 0 aliphatic heterocycles. The Bertz CT molecular complexity index is 528. The maximum atomic E-state index is 6.27. The van der Waals surface area contributed by atoms with Crippen LogP contribution in [0.3, 0.4) is 0 Å². The van der Waals surface area contributed by atoms with Crippen LogP contribution < -0.4 is 5.73 Å². The highest BCUT2D eigenvalue weighted by atomic mass is 32.2. The summed E-state index contributed by atoms with van der Waals surface area (Å²) in [5.74, 6) is 0.883. The average Bonchev–Trinajstić information content (AvgIpc) is 2.93. The minimum absolute atomic E-state index is 0.107. The minimum Gasteiger partial charge on any atom is -0.437 e. The van der Waals surface area contributed by atoms with Crippen molar-refractivity contribution in [3.05, 3.63) is 33.3 Å². The van der Waals surface area contributed by atoms with E-state index in [1.54, 1.807) is 23.1 Å². The van der Waals surface area contributed by atoms with Gasteiger partial charge in [-0.3, -0.25) is 0 Å². The van der Waals surface area contributed by atoms with Crippen LogP contribution in [0.25, 0.3) is 0 Å². The van der Waals surface area contributed by atoms with Crippen molar-refractivity contribution in [1.82, 2.24) is 4.98 Å². The number of thioether (sulfide) groups is 1. The summed E-state index contributed by atoms with van der Waals surface area (Å²) in [6, 6.07) is 4.41. The highest BCUT2D eigenvalue weighted by Crippen LogP contribution is 2.40. The fourth-order valence-corrected chi connectivity index (χ4v) is 4.14. The SMILES string of the molecule is CCC(N)C(Sc1nc(C)c(C)o1)c1ccc(C)s1. The van der Waals surface area contributed by atoms with E-state index < -0.39 is 0 Å². The van der Waals surface area contributed by atoms with Crippen molar-refractivity contribution in [3.63, 3.8) is 0 Å². The summed E-state index contributed by atoms with van der Waals surface area (Å²) >= 11 is 3.43. The van der Waals surface area contributed by atoms with E-state index in [-0.39, 0.29) is 11.3 Å². The summed E-state index contributed by atoms with van der Waals surface area (Å²) in [5, 5.41) is 0.927. The molecule has 104 valence electrons. The van der Waals surface area contributed by atoms with Gasteiger partial charge in [0.1, 0.15) is 5.76 Å². The summed E-state index contributed by atoms with van der Waals surface area (Å²) in [6.45, 7) is 8.14. The molecule has 0 bridgehead atoms. The number of hydrogen-bond donors (Lipinski definition) is 1. The van der Waals surface area contributed by atoms with Crippen molar-refractivity contribution in [2.45, 2.75) is 50.6 Å². The molecule has 2 aromatic heterocycles. The van der Waals surface area contributed by atoms with Gasteiger partial charge in [0, 0.05) is 15.8 Å². The molecular weight excluding hydrogens is 276 g/mol. The van der Waals surface area contributed by atoms with Gasteiger partial charge >= 0.3 is 0 Å². The molecule has 2 atom stereocenters. The lowest BCUT2D eigenvalue weighted by Crippen LogP contribution is -2.25. The van der Waals surface area contributed by atoms with Crippen molar-refractivity contribution >= 4 is 23.1 Å². The molecule has 2 aromatic rings. The number of nitrogens with zero attached hydrogens (tertiary/aromatic N) is 1. The van der Waals surface area contributed by atoms with E-state index in [1.807, 2.05) is 13.8 Å². The third-order valence-electron chi connectivity index (χ3n) is 3.14. The monoisotopic (exact) mass is 296 g/mol. The summed E-state index contributed by atoms with van der Waals surface area (Å²) in [5.41, 5.74) is 7.22. The van der Waals surface area contributed by atoms with E-state index in [4.69, 9.17) is 10.2 Å². The molecule has 0 aromatic carbocycles. The molecule has 0 radical (unpaired) electrons. The van der Waals surface area contributed by atoms with Gasteiger partial charge in [0.05, 0.1) is 10.9 Å². The second-order valence-corrected chi connectivity index (χ2v) is 7.09. The number of nitrogens with two attached hydrogens (primary N) is 1. The van der Waals surface area contributed by atoms with E-state index in [0.717, 1.165) is 23.1 Å². The standard InChI is InChI=1S/C14H20N2OS2/c1-5-11(15)13(12-7-6-8(2)18-12)19-14-16-9(3)10(4)17-14/h6-7,11,13H,5,15H2,1-4H3. The van der Waals surface area contributed by atoms with Crippen LogP contribution in [0.2, 0.25) is 0 Å². The van der Waals surface area contributed by atoms with Crippen molar-refractivity contribution in [2.24, 2.45) is 5.73 Å². The molecule has 0 amide bonds. The first-order valence-corrected chi connectivity index (χ1v) is 8.13. The van der Waals surface area contributed by atoms with Crippen molar-refractivity contribution in [3.8, 4) is 0 Å². The molecule has 2 rings (SSSR count). The number of aromatic nitrogens is 1. The summed E-state index contributed by atoms with van der Waals surface area (Å²) in [4.78, 5) is 7.05. The van der Waals surface area contributed by atoms with E-state index in [2.05, 4.69) is 31.0 Å². The van der Waals surface area contributed by atoms with Gasteiger partial charge in [-0.1, -0.05) is 18.7 Å². The fourth-order valence-electron chi connectivity index (χ4n) is 1.78. The number of hydrogen-bond acceptors (Lipinski definition) is 5. The average molecular weight is 296 g/mol. The Kier molecular flexibility index (Phi) is 4.71. The molecule has 0 saturated carbocycles. The Hall–Kier alpha value is -0.780. The predicted molar refractivity (Wildman–Crippen MR) is 81.9 cm³/mol. The Morgan fingerprint density at radius 3 is 2.58 bits per heavy atom. The Balaban J connectivity index is 2.23. The number of rotatable bonds is 5. The smallest absolute Gasteiger partial charge is 0.256 e. The first-order chi connectivity index (χ1) is 9.01. The summed E-state index contributed by atoms with van der Waals surface area (Å²) in [6.07, 6.45) is 0.938. The summed E-state index contributed by atoms with van der Waals surface area (Å²) < 4.78 is 5.67. The van der Waals surface area contributed by atoms with Crippen molar-refractivity contribution in [1.29, 1.82) is 0 Å². The largest absolute Gasteiger partial charge is 0.437 e. The zero-order chi connectivity index (χ0) is 14.0. The van der Waals surface area contributed by atoms with E-state index in [0.29, 0.717) is 0 Å². The van der Waals surface area contributed by atoms with Crippen molar-refractivity contribution in [2.75, 3.05) is 0 Å². The van der Waals surface area contributed by atoms with Gasteiger partial charge < -0.3 is 10.2 Å². The maximum Gasteiger partial charge on any atom is 0.256 e. The molecule has 2 heterocycles. The fraction of sp³-hybridized carbons (Fsp3) is 0.500. The van der Waals surface area contributed by atoms with Crippen molar-refractivity contribution < 1.29 is 4.42 Å². The molecule has 2 N–H and O–H groups in total. The molecule has 19 heavy (non-hydrogen) atoms. The van der Waals surface area contributed by atoms with E-state index in [1.165, 1.54) is 9.75 Å². The first-order valence-electron chi connectivity index (χ1n) is 6.43. The van der Waals surface area contributed by atoms with Crippen LogP contribution in [0.15, 0.2) is 21.8 Å². The first kappa shape index (κ1) is 14.6. The molecule has 3 nitrogen and oxygen atoms in total. The molecule has 5 heteroatoms. The second-order valence-electron chi connectivity index (χ2n) is 4.68. The zero-order valence-electron chi connectivity index (χ0n) is 11.8. The van der Waals surface area contributed by atoms with Gasteiger partial charge in [0.25, 0.3) is 5.22 Å². The molecular formula is C14H20N2OS2. The van der Waals surface area contributed by atoms with Crippen LogP contribution in [0.1, 0.15) is 39.8 Å². The Labute approximate surface area is 122 Å². The zero-order valence-corrected chi connectivity index (χ0v) is 13.4. The molecule has 0 spiro atoms. The van der Waals surface area contributed by atoms with Gasteiger partial charge in [0.15, 0.2) is 0 Å². The third kappa shape index (κ3) is 3.41. The van der Waals surface area contributed by atoms with Crippen LogP contribution in [0.5, 0.6) is 0 Å². The number of oxazole rings is 1. The highest BCUT2D eigenvalue weighted by molar-refractivity contribution is 7.99. The molecule has 0 aliphatic carbocycles. The lowest BCUT2D eigenvalue weighted by Gasteiger charge is -2.19. The lowest BCUT2D eigenvalue weighted by atomic mass is 10.1. The summed E-state index contributed by atoms with van der Waals surface area (Å²) in [7, 11) is 0. The van der Waals surface area contributed by atoms with Gasteiger partial charge in [-0.2, -0.15) is 0 Å². The Morgan fingerprint density at radius 2 is 2.11 bits per heavy atom. The normalized spacial score (nSPS) is 14.6. The topological polar surface area (TPSA) is 52.0 Å². The van der Waals surface area contributed by atoms with E-state index >= 15 is 0 Å². The van der Waals surface area contributed by atoms with Crippen LogP contribution in [-0.4, -0.2) is 11.0 Å². The quantitative estimate of drug-likeness (QED) is 0.839. The predicted octanol–water partition coefficient (Wildman–Crippen LogP) is 4.23. The van der Waals surface area contributed by atoms with Gasteiger partial charge in [-0.25, -0.2) is 4.98 Å². The van der Waals surface area contributed by atoms with Gasteiger partial charge in [-0.15, -0.1) is 11.3 Å². The maximum absolute atomic E-state index is 6.27. The van der Waals surface area contributed by atoms with Crippen LogP contribution in [0.4, 0.5) is 0 Å².